The Bertz CT molecular complexity index is 1110. The van der Waals surface area contributed by atoms with Crippen molar-refractivity contribution in [1.82, 2.24) is 5.01 Å². The van der Waals surface area contributed by atoms with Crippen LogP contribution in [0.5, 0.6) is 5.75 Å². The molecule has 2 aromatic carbocycles. The standard InChI is InChI=1S/C21H15ClF2N2O2/c1-11-2-6-20(27-11)17-10-18-14-9-13(22)4-7-19(14)28-21(26(18)25-17)12-3-5-15(23)16(24)8-12/h2-9,18,21H,10H2,1H3/t18-,21-/m1/s1. The van der Waals surface area contributed by atoms with Crippen LogP contribution in [0.25, 0.3) is 0 Å². The SMILES string of the molecule is Cc1ccc(C2=NN3[C@H](C2)c2cc(Cl)ccc2O[C@@H]3c2ccc(F)c(F)c2)o1. The zero-order valence-electron chi connectivity index (χ0n) is 14.8. The van der Waals surface area contributed by atoms with Crippen molar-refractivity contribution in [2.75, 3.05) is 0 Å². The van der Waals surface area contributed by atoms with E-state index in [1.54, 1.807) is 17.1 Å². The molecule has 7 heteroatoms. The molecule has 0 radical (unpaired) electrons. The smallest absolute Gasteiger partial charge is 0.213 e. The lowest BCUT2D eigenvalue weighted by Gasteiger charge is -2.38. The van der Waals surface area contributed by atoms with E-state index >= 15 is 0 Å². The minimum atomic E-state index is -0.926. The number of hydrogen-bond donors (Lipinski definition) is 0. The third-order valence-electron chi connectivity index (χ3n) is 5.01. The van der Waals surface area contributed by atoms with E-state index in [0.717, 1.165) is 29.2 Å². The van der Waals surface area contributed by atoms with Crippen LogP contribution in [0.15, 0.2) is 58.0 Å². The Kier molecular flexibility index (Phi) is 3.91. The van der Waals surface area contributed by atoms with Crippen molar-refractivity contribution in [2.45, 2.75) is 25.6 Å². The van der Waals surface area contributed by atoms with Crippen LogP contribution >= 0.6 is 11.6 Å². The summed E-state index contributed by atoms with van der Waals surface area (Å²) in [6, 6.07) is 12.7. The lowest BCUT2D eigenvalue weighted by molar-refractivity contribution is -0.0192. The fraction of sp³-hybridized carbons (Fsp3) is 0.190. The maximum atomic E-state index is 13.9. The molecule has 2 aliphatic rings. The summed E-state index contributed by atoms with van der Waals surface area (Å²) in [4.78, 5) is 0. The van der Waals surface area contributed by atoms with Crippen molar-refractivity contribution in [3.8, 4) is 5.75 Å². The Morgan fingerprint density at radius 3 is 2.68 bits per heavy atom. The van der Waals surface area contributed by atoms with Crippen molar-refractivity contribution >= 4 is 17.3 Å². The molecule has 2 atom stereocenters. The summed E-state index contributed by atoms with van der Waals surface area (Å²) in [5.74, 6) is 0.288. The molecule has 4 nitrogen and oxygen atoms in total. The van der Waals surface area contributed by atoms with Gasteiger partial charge in [-0.3, -0.25) is 0 Å². The van der Waals surface area contributed by atoms with Gasteiger partial charge in [-0.2, -0.15) is 5.10 Å². The minimum Gasteiger partial charge on any atom is -0.464 e. The molecular weight excluding hydrogens is 386 g/mol. The van der Waals surface area contributed by atoms with E-state index in [9.17, 15) is 8.78 Å². The summed E-state index contributed by atoms with van der Waals surface area (Å²) in [6.07, 6.45) is -0.105. The molecule has 0 N–H and O–H groups in total. The summed E-state index contributed by atoms with van der Waals surface area (Å²) in [5.41, 5.74) is 2.14. The fourth-order valence-electron chi connectivity index (χ4n) is 3.68. The van der Waals surface area contributed by atoms with Crippen molar-refractivity contribution in [3.05, 3.63) is 87.8 Å². The molecular formula is C21H15ClF2N2O2. The predicted molar refractivity (Wildman–Crippen MR) is 100 cm³/mol. The molecule has 0 aliphatic carbocycles. The number of fused-ring (bicyclic) bond motifs is 3. The number of rotatable bonds is 2. The Morgan fingerprint density at radius 2 is 1.93 bits per heavy atom. The first kappa shape index (κ1) is 17.3. The predicted octanol–water partition coefficient (Wildman–Crippen LogP) is 5.76. The van der Waals surface area contributed by atoms with Gasteiger partial charge in [0.25, 0.3) is 0 Å². The summed E-state index contributed by atoms with van der Waals surface area (Å²) < 4.78 is 39.1. The van der Waals surface area contributed by atoms with Gasteiger partial charge in [0.1, 0.15) is 23.0 Å². The molecule has 3 heterocycles. The molecule has 3 aromatic rings. The van der Waals surface area contributed by atoms with Crippen LogP contribution in [0.4, 0.5) is 8.78 Å². The van der Waals surface area contributed by atoms with Gasteiger partial charge < -0.3 is 9.15 Å². The molecule has 142 valence electrons. The van der Waals surface area contributed by atoms with E-state index in [2.05, 4.69) is 0 Å². The van der Waals surface area contributed by atoms with E-state index in [4.69, 9.17) is 25.9 Å². The average molecular weight is 401 g/mol. The Labute approximate surface area is 165 Å². The molecule has 0 bridgehead atoms. The Morgan fingerprint density at radius 1 is 1.07 bits per heavy atom. The van der Waals surface area contributed by atoms with Crippen LogP contribution in [0.3, 0.4) is 0 Å². The van der Waals surface area contributed by atoms with Crippen LogP contribution in [0.2, 0.25) is 5.02 Å². The van der Waals surface area contributed by atoms with Gasteiger partial charge in [-0.15, -0.1) is 0 Å². The van der Waals surface area contributed by atoms with Crippen LogP contribution in [0.1, 0.15) is 41.3 Å². The molecule has 0 unspecified atom stereocenters. The van der Waals surface area contributed by atoms with Gasteiger partial charge in [0, 0.05) is 22.6 Å². The van der Waals surface area contributed by atoms with Crippen molar-refractivity contribution in [1.29, 1.82) is 0 Å². The maximum Gasteiger partial charge on any atom is 0.213 e. The molecule has 2 aliphatic heterocycles. The van der Waals surface area contributed by atoms with Gasteiger partial charge in [0.2, 0.25) is 6.23 Å². The first-order valence-electron chi connectivity index (χ1n) is 8.83. The molecule has 0 amide bonds. The van der Waals surface area contributed by atoms with E-state index < -0.39 is 17.9 Å². The zero-order valence-corrected chi connectivity index (χ0v) is 15.6. The van der Waals surface area contributed by atoms with Gasteiger partial charge in [-0.05, 0) is 49.4 Å². The highest BCUT2D eigenvalue weighted by atomic mass is 35.5. The number of benzene rings is 2. The second kappa shape index (κ2) is 6.34. The molecule has 28 heavy (non-hydrogen) atoms. The zero-order chi connectivity index (χ0) is 19.4. The highest BCUT2D eigenvalue weighted by molar-refractivity contribution is 6.30. The normalized spacial score (nSPS) is 20.4. The number of furan rings is 1. The first-order chi connectivity index (χ1) is 13.5. The van der Waals surface area contributed by atoms with E-state index in [1.807, 2.05) is 25.1 Å². The molecule has 0 fully saturated rings. The van der Waals surface area contributed by atoms with Crippen molar-refractivity contribution in [2.24, 2.45) is 5.10 Å². The largest absolute Gasteiger partial charge is 0.464 e. The van der Waals surface area contributed by atoms with Crippen molar-refractivity contribution in [3.63, 3.8) is 0 Å². The quantitative estimate of drug-likeness (QED) is 0.548. The lowest BCUT2D eigenvalue weighted by atomic mass is 9.97. The highest BCUT2D eigenvalue weighted by Crippen LogP contribution is 2.48. The van der Waals surface area contributed by atoms with E-state index in [0.29, 0.717) is 28.5 Å². The van der Waals surface area contributed by atoms with Crippen LogP contribution in [0, 0.1) is 18.6 Å². The fourth-order valence-corrected chi connectivity index (χ4v) is 3.86. The second-order valence-electron chi connectivity index (χ2n) is 6.88. The summed E-state index contributed by atoms with van der Waals surface area (Å²) >= 11 is 6.19. The van der Waals surface area contributed by atoms with Crippen LogP contribution < -0.4 is 4.74 Å². The number of hydrogen-bond acceptors (Lipinski definition) is 4. The van der Waals surface area contributed by atoms with Gasteiger partial charge >= 0.3 is 0 Å². The van der Waals surface area contributed by atoms with Gasteiger partial charge in [-0.25, -0.2) is 13.8 Å². The maximum absolute atomic E-state index is 13.9. The minimum absolute atomic E-state index is 0.152. The summed E-state index contributed by atoms with van der Waals surface area (Å²) in [7, 11) is 0. The van der Waals surface area contributed by atoms with Gasteiger partial charge in [0.05, 0.1) is 6.04 Å². The summed E-state index contributed by atoms with van der Waals surface area (Å²) in [5, 5.41) is 7.06. The number of hydrazone groups is 1. The molecule has 0 saturated heterocycles. The Balaban J connectivity index is 1.62. The van der Waals surface area contributed by atoms with E-state index in [-0.39, 0.29) is 6.04 Å². The van der Waals surface area contributed by atoms with Crippen LogP contribution in [-0.2, 0) is 0 Å². The number of nitrogens with zero attached hydrogens (tertiary/aromatic N) is 2. The lowest BCUT2D eigenvalue weighted by Crippen LogP contribution is -2.33. The Hall–Kier alpha value is -2.86. The van der Waals surface area contributed by atoms with Gasteiger partial charge in [0.15, 0.2) is 11.6 Å². The first-order valence-corrected chi connectivity index (χ1v) is 9.21. The molecule has 0 saturated carbocycles. The molecule has 0 spiro atoms. The number of halogens is 3. The molecule has 5 rings (SSSR count). The highest BCUT2D eigenvalue weighted by Gasteiger charge is 2.41. The van der Waals surface area contributed by atoms with Crippen LogP contribution in [-0.4, -0.2) is 10.7 Å². The van der Waals surface area contributed by atoms with Gasteiger partial charge in [-0.1, -0.05) is 17.7 Å². The third kappa shape index (κ3) is 2.76. The van der Waals surface area contributed by atoms with E-state index in [1.165, 1.54) is 6.07 Å². The summed E-state index contributed by atoms with van der Waals surface area (Å²) in [6.45, 7) is 1.87. The third-order valence-corrected chi connectivity index (χ3v) is 5.24. The molecule has 1 aromatic heterocycles. The average Bonchev–Trinajstić information content (AvgIpc) is 3.30. The number of ether oxygens (including phenoxy) is 1. The topological polar surface area (TPSA) is 38.0 Å². The monoisotopic (exact) mass is 400 g/mol. The van der Waals surface area contributed by atoms with Crippen molar-refractivity contribution < 1.29 is 17.9 Å². The number of aryl methyl sites for hydroxylation is 1. The second-order valence-corrected chi connectivity index (χ2v) is 7.32.